The summed E-state index contributed by atoms with van der Waals surface area (Å²) < 4.78 is 34.2. The molecule has 1 aromatic heterocycles. The molecule has 0 aliphatic carbocycles. The molecule has 5 nitrogen and oxygen atoms in total. The Morgan fingerprint density at radius 3 is 2.75 bits per heavy atom. The number of benzene rings is 2. The van der Waals surface area contributed by atoms with Crippen LogP contribution in [0, 0.1) is 11.6 Å². The molecule has 0 aliphatic rings. The van der Waals surface area contributed by atoms with Gasteiger partial charge in [0, 0.05) is 17.1 Å². The van der Waals surface area contributed by atoms with E-state index in [0.717, 1.165) is 16.8 Å². The summed E-state index contributed by atoms with van der Waals surface area (Å²) in [5.74, 6) is -2.28. The van der Waals surface area contributed by atoms with E-state index >= 15 is 0 Å². The van der Waals surface area contributed by atoms with Crippen LogP contribution in [-0.4, -0.2) is 28.0 Å². The van der Waals surface area contributed by atoms with Gasteiger partial charge in [-0.25, -0.2) is 13.6 Å². The maximum Gasteiger partial charge on any atom is 0.333 e. The molecular formula is C16H11BrF2N2O3. The van der Waals surface area contributed by atoms with Crippen molar-refractivity contribution in [2.24, 2.45) is 0 Å². The van der Waals surface area contributed by atoms with Crippen LogP contribution >= 0.6 is 15.9 Å². The summed E-state index contributed by atoms with van der Waals surface area (Å²) in [6.07, 6.45) is 1.40. The van der Waals surface area contributed by atoms with Gasteiger partial charge in [0.15, 0.2) is 11.9 Å². The molecule has 0 aliphatic heterocycles. The number of halogens is 3. The Morgan fingerprint density at radius 2 is 2.08 bits per heavy atom. The summed E-state index contributed by atoms with van der Waals surface area (Å²) >= 11 is 3.06. The van der Waals surface area contributed by atoms with Crippen molar-refractivity contribution in [3.05, 3.63) is 58.2 Å². The molecule has 124 valence electrons. The van der Waals surface area contributed by atoms with E-state index in [1.54, 1.807) is 6.07 Å². The van der Waals surface area contributed by atoms with Crippen LogP contribution in [0.5, 0.6) is 5.75 Å². The minimum Gasteiger partial charge on any atom is -0.496 e. The fraction of sp³-hybridized carbons (Fsp3) is 0.125. The van der Waals surface area contributed by atoms with Crippen molar-refractivity contribution in [1.82, 2.24) is 9.78 Å². The monoisotopic (exact) mass is 396 g/mol. The maximum absolute atomic E-state index is 14.1. The van der Waals surface area contributed by atoms with Crippen molar-refractivity contribution >= 4 is 32.8 Å². The van der Waals surface area contributed by atoms with E-state index in [9.17, 15) is 18.7 Å². The third kappa shape index (κ3) is 2.73. The zero-order valence-electron chi connectivity index (χ0n) is 12.3. The van der Waals surface area contributed by atoms with Crippen LogP contribution in [0.3, 0.4) is 0 Å². The number of carbonyl (C=O) groups is 1. The zero-order chi connectivity index (χ0) is 17.4. The van der Waals surface area contributed by atoms with Crippen LogP contribution in [0.1, 0.15) is 11.6 Å². The average molecular weight is 397 g/mol. The zero-order valence-corrected chi connectivity index (χ0v) is 13.9. The lowest BCUT2D eigenvalue weighted by Crippen LogP contribution is -2.21. The molecule has 0 amide bonds. The number of hydrogen-bond acceptors (Lipinski definition) is 3. The fourth-order valence-corrected chi connectivity index (χ4v) is 2.81. The van der Waals surface area contributed by atoms with Crippen molar-refractivity contribution in [3.63, 3.8) is 0 Å². The Morgan fingerprint density at radius 1 is 1.33 bits per heavy atom. The second kappa shape index (κ2) is 6.20. The number of nitrogens with zero attached hydrogens (tertiary/aromatic N) is 2. The molecule has 24 heavy (non-hydrogen) atoms. The lowest BCUT2D eigenvalue weighted by Gasteiger charge is -2.16. The molecular weight excluding hydrogens is 386 g/mol. The second-order valence-electron chi connectivity index (χ2n) is 5.04. The van der Waals surface area contributed by atoms with E-state index in [0.29, 0.717) is 5.39 Å². The Kier molecular flexibility index (Phi) is 4.23. The Hall–Kier alpha value is -2.48. The highest BCUT2D eigenvalue weighted by Crippen LogP contribution is 2.31. The molecule has 0 spiro atoms. The quantitative estimate of drug-likeness (QED) is 0.728. The topological polar surface area (TPSA) is 64.3 Å². The predicted octanol–water partition coefficient (Wildman–Crippen LogP) is 3.76. The van der Waals surface area contributed by atoms with E-state index in [1.807, 2.05) is 0 Å². The standard InChI is InChI=1S/C16H11BrF2N2O3/c1-24-12-5-3-9(18)6-10(12)15(16(22)23)21-7-8-2-4-11(17)13(19)14(8)20-21/h2-7,15H,1H3,(H,22,23). The van der Waals surface area contributed by atoms with Crippen molar-refractivity contribution in [3.8, 4) is 5.75 Å². The first-order valence-corrected chi connectivity index (χ1v) is 7.60. The van der Waals surface area contributed by atoms with Crippen molar-refractivity contribution < 1.29 is 23.4 Å². The van der Waals surface area contributed by atoms with Crippen molar-refractivity contribution in [2.75, 3.05) is 7.11 Å². The maximum atomic E-state index is 14.1. The number of rotatable bonds is 4. The van der Waals surface area contributed by atoms with Gasteiger partial charge in [-0.1, -0.05) is 0 Å². The molecule has 0 saturated carbocycles. The van der Waals surface area contributed by atoms with Gasteiger partial charge in [0.1, 0.15) is 17.1 Å². The summed E-state index contributed by atoms with van der Waals surface area (Å²) in [5, 5.41) is 14.1. The highest BCUT2D eigenvalue weighted by molar-refractivity contribution is 9.10. The smallest absolute Gasteiger partial charge is 0.333 e. The van der Waals surface area contributed by atoms with Gasteiger partial charge in [-0.15, -0.1) is 0 Å². The average Bonchev–Trinajstić information content (AvgIpc) is 2.95. The normalized spacial score (nSPS) is 12.3. The van der Waals surface area contributed by atoms with Crippen molar-refractivity contribution in [1.29, 1.82) is 0 Å². The molecule has 1 unspecified atom stereocenters. The van der Waals surface area contributed by atoms with Gasteiger partial charge in [-0.2, -0.15) is 5.10 Å². The molecule has 1 heterocycles. The van der Waals surface area contributed by atoms with Crippen LogP contribution in [0.25, 0.3) is 10.9 Å². The van der Waals surface area contributed by atoms with Gasteiger partial charge >= 0.3 is 5.97 Å². The van der Waals surface area contributed by atoms with Crippen LogP contribution in [-0.2, 0) is 4.79 Å². The number of ether oxygens (including phenoxy) is 1. The van der Waals surface area contributed by atoms with E-state index in [2.05, 4.69) is 21.0 Å². The lowest BCUT2D eigenvalue weighted by molar-refractivity contribution is -0.139. The lowest BCUT2D eigenvalue weighted by atomic mass is 10.1. The second-order valence-corrected chi connectivity index (χ2v) is 5.89. The first-order chi connectivity index (χ1) is 11.4. The molecule has 1 N–H and O–H groups in total. The highest BCUT2D eigenvalue weighted by atomic mass is 79.9. The number of hydrogen-bond donors (Lipinski definition) is 1. The minimum atomic E-state index is -1.36. The van der Waals surface area contributed by atoms with Gasteiger partial charge in [0.05, 0.1) is 11.6 Å². The number of carboxylic acid groups (broad SMARTS) is 1. The van der Waals surface area contributed by atoms with E-state index in [4.69, 9.17) is 4.74 Å². The van der Waals surface area contributed by atoms with Gasteiger partial charge in [0.25, 0.3) is 0 Å². The van der Waals surface area contributed by atoms with Crippen LogP contribution < -0.4 is 4.74 Å². The molecule has 8 heteroatoms. The van der Waals surface area contributed by atoms with E-state index < -0.39 is 23.6 Å². The van der Waals surface area contributed by atoms with Gasteiger partial charge < -0.3 is 9.84 Å². The largest absolute Gasteiger partial charge is 0.496 e. The minimum absolute atomic E-state index is 0.0194. The van der Waals surface area contributed by atoms with Crippen molar-refractivity contribution in [2.45, 2.75) is 6.04 Å². The molecule has 3 aromatic rings. The fourth-order valence-electron chi connectivity index (χ4n) is 2.49. The van der Waals surface area contributed by atoms with Crippen LogP contribution in [0.4, 0.5) is 8.78 Å². The number of aromatic nitrogens is 2. The summed E-state index contributed by atoms with van der Waals surface area (Å²) in [6, 6.07) is 5.31. The molecule has 1 atom stereocenters. The third-order valence-corrected chi connectivity index (χ3v) is 4.18. The number of fused-ring (bicyclic) bond motifs is 1. The SMILES string of the molecule is COc1ccc(F)cc1C(C(=O)O)n1cc2ccc(Br)c(F)c2n1. The summed E-state index contributed by atoms with van der Waals surface area (Å²) in [7, 11) is 1.35. The Bertz CT molecular complexity index is 942. The van der Waals surface area contributed by atoms with Gasteiger partial charge in [-0.05, 0) is 46.3 Å². The van der Waals surface area contributed by atoms with Gasteiger partial charge in [0.2, 0.25) is 0 Å². The van der Waals surface area contributed by atoms with Gasteiger partial charge in [-0.3, -0.25) is 4.68 Å². The van der Waals surface area contributed by atoms with Crippen LogP contribution in [0.2, 0.25) is 0 Å². The number of aliphatic carboxylic acids is 1. The van der Waals surface area contributed by atoms with E-state index in [1.165, 1.54) is 25.4 Å². The summed E-state index contributed by atoms with van der Waals surface area (Å²) in [5.41, 5.74) is 0.100. The molecule has 0 fully saturated rings. The number of methoxy groups -OCH3 is 1. The highest BCUT2D eigenvalue weighted by Gasteiger charge is 2.27. The summed E-state index contributed by atoms with van der Waals surface area (Å²) in [4.78, 5) is 11.8. The van der Waals surface area contributed by atoms with Crippen LogP contribution in [0.15, 0.2) is 41.0 Å². The molecule has 0 saturated heterocycles. The Labute approximate surface area is 143 Å². The summed E-state index contributed by atoms with van der Waals surface area (Å²) in [6.45, 7) is 0. The molecule has 2 aromatic carbocycles. The first kappa shape index (κ1) is 16.4. The first-order valence-electron chi connectivity index (χ1n) is 6.81. The molecule has 0 bridgehead atoms. The number of carboxylic acids is 1. The van der Waals surface area contributed by atoms with E-state index in [-0.39, 0.29) is 21.3 Å². The Balaban J connectivity index is 2.22. The third-order valence-electron chi connectivity index (χ3n) is 3.57. The molecule has 3 rings (SSSR count). The predicted molar refractivity (Wildman–Crippen MR) is 86.1 cm³/mol. The molecule has 0 radical (unpaired) electrons.